The molecule has 0 radical (unpaired) electrons. The summed E-state index contributed by atoms with van der Waals surface area (Å²) in [6, 6.07) is 0. The van der Waals surface area contributed by atoms with Gasteiger partial charge in [-0.15, -0.1) is 13.2 Å². The van der Waals surface area contributed by atoms with Crippen molar-refractivity contribution in [3.63, 3.8) is 0 Å². The molecule has 0 heterocycles. The Morgan fingerprint density at radius 2 is 1.25 bits per heavy atom. The lowest BCUT2D eigenvalue weighted by molar-refractivity contribution is 0.213. The molecule has 118 valence electrons. The molecule has 20 heavy (non-hydrogen) atoms. The molecule has 0 N–H and O–H groups in total. The lowest BCUT2D eigenvalue weighted by atomic mass is 10.2. The molecule has 0 saturated carbocycles. The Labute approximate surface area is 126 Å². The summed E-state index contributed by atoms with van der Waals surface area (Å²) >= 11 is 0. The average molecular weight is 319 g/mol. The molecule has 0 bridgehead atoms. The van der Waals surface area contributed by atoms with Crippen LogP contribution in [0.1, 0.15) is 32.6 Å². The molecule has 0 unspecified atom stereocenters. The fourth-order valence-corrected chi connectivity index (χ4v) is 10.9. The van der Waals surface area contributed by atoms with Crippen LogP contribution >= 0.6 is 0 Å². The third-order valence-electron chi connectivity index (χ3n) is 3.91. The Kier molecular flexibility index (Phi) is 9.53. The lowest BCUT2D eigenvalue weighted by Gasteiger charge is -2.40. The lowest BCUT2D eigenvalue weighted by Crippen LogP contribution is -2.58. The molecule has 6 heteroatoms. The van der Waals surface area contributed by atoms with Gasteiger partial charge in [0.05, 0.1) is 5.16 Å². The standard InChI is InChI=1S/C14H30O4Si2/c1-8-11-12-13-14(19(9-2,15-4)16-5)20(10-3,17-6)18-7/h9-10,14H,2-3,8,11-13H2,1,4-7H3. The highest BCUT2D eigenvalue weighted by atomic mass is 28.4. The average Bonchev–Trinajstić information content (AvgIpc) is 2.51. The maximum absolute atomic E-state index is 5.77. The van der Waals surface area contributed by atoms with Crippen molar-refractivity contribution in [1.29, 1.82) is 0 Å². The fraction of sp³-hybridized carbons (Fsp3) is 0.714. The van der Waals surface area contributed by atoms with Gasteiger partial charge in [-0.3, -0.25) is 0 Å². The number of hydrogen-bond donors (Lipinski definition) is 0. The first-order valence-corrected chi connectivity index (χ1v) is 11.0. The van der Waals surface area contributed by atoms with E-state index in [2.05, 4.69) is 20.1 Å². The van der Waals surface area contributed by atoms with Crippen molar-refractivity contribution in [3.05, 3.63) is 24.6 Å². The highest BCUT2D eigenvalue weighted by Crippen LogP contribution is 2.39. The minimum atomic E-state index is -2.59. The van der Waals surface area contributed by atoms with E-state index in [4.69, 9.17) is 17.7 Å². The van der Waals surface area contributed by atoms with Gasteiger partial charge in [-0.25, -0.2) is 0 Å². The van der Waals surface area contributed by atoms with Crippen LogP contribution in [-0.2, 0) is 17.7 Å². The van der Waals surface area contributed by atoms with Gasteiger partial charge >= 0.3 is 17.1 Å². The van der Waals surface area contributed by atoms with Crippen molar-refractivity contribution in [3.8, 4) is 0 Å². The summed E-state index contributed by atoms with van der Waals surface area (Å²) in [6.07, 6.45) is 4.36. The second-order valence-electron chi connectivity index (χ2n) is 4.72. The number of unbranched alkanes of at least 4 members (excludes halogenated alkanes) is 2. The van der Waals surface area contributed by atoms with Crippen LogP contribution in [0.3, 0.4) is 0 Å². The van der Waals surface area contributed by atoms with Crippen LogP contribution in [0, 0.1) is 0 Å². The van der Waals surface area contributed by atoms with Gasteiger partial charge in [0.15, 0.2) is 0 Å². The van der Waals surface area contributed by atoms with E-state index in [0.29, 0.717) is 0 Å². The van der Waals surface area contributed by atoms with Crippen molar-refractivity contribution < 1.29 is 17.7 Å². The Morgan fingerprint density at radius 1 is 0.850 bits per heavy atom. The van der Waals surface area contributed by atoms with Gasteiger partial charge in [-0.05, 0) is 17.8 Å². The first-order chi connectivity index (χ1) is 9.56. The van der Waals surface area contributed by atoms with Gasteiger partial charge in [0, 0.05) is 28.4 Å². The second kappa shape index (κ2) is 9.65. The van der Waals surface area contributed by atoms with Crippen LogP contribution < -0.4 is 0 Å². The Hall–Kier alpha value is -0.246. The van der Waals surface area contributed by atoms with E-state index in [1.54, 1.807) is 28.4 Å². The van der Waals surface area contributed by atoms with Crippen molar-refractivity contribution in [2.45, 2.75) is 37.8 Å². The zero-order valence-corrected chi connectivity index (χ0v) is 15.6. The molecule has 0 aromatic heterocycles. The molecule has 0 atom stereocenters. The van der Waals surface area contributed by atoms with E-state index < -0.39 is 17.1 Å². The van der Waals surface area contributed by atoms with Crippen LogP contribution in [0.2, 0.25) is 5.16 Å². The maximum atomic E-state index is 5.77. The molecule has 4 nitrogen and oxygen atoms in total. The smallest absolute Gasteiger partial charge is 0.369 e. The first kappa shape index (κ1) is 19.8. The summed E-state index contributed by atoms with van der Waals surface area (Å²) in [5.41, 5.74) is 3.65. The maximum Gasteiger partial charge on any atom is 0.369 e. The molecular formula is C14H30O4Si2. The minimum absolute atomic E-state index is 0.0709. The van der Waals surface area contributed by atoms with Crippen molar-refractivity contribution in [2.24, 2.45) is 0 Å². The summed E-state index contributed by atoms with van der Waals surface area (Å²) in [6.45, 7) is 10.0. The second-order valence-corrected chi connectivity index (χ2v) is 12.0. The normalized spacial score (nSPS) is 12.7. The molecule has 0 aliphatic carbocycles. The molecule has 0 rings (SSSR count). The van der Waals surface area contributed by atoms with Gasteiger partial charge in [0.25, 0.3) is 0 Å². The largest absolute Gasteiger partial charge is 0.395 e. The zero-order chi connectivity index (χ0) is 15.6. The Bertz CT molecular complexity index is 265. The van der Waals surface area contributed by atoms with E-state index >= 15 is 0 Å². The van der Waals surface area contributed by atoms with E-state index in [-0.39, 0.29) is 5.16 Å². The van der Waals surface area contributed by atoms with Crippen LogP contribution in [0.25, 0.3) is 0 Å². The first-order valence-electron chi connectivity index (χ1n) is 7.04. The number of rotatable bonds is 12. The van der Waals surface area contributed by atoms with Crippen molar-refractivity contribution in [1.82, 2.24) is 0 Å². The van der Waals surface area contributed by atoms with Crippen LogP contribution in [0.5, 0.6) is 0 Å². The zero-order valence-electron chi connectivity index (χ0n) is 13.6. The highest BCUT2D eigenvalue weighted by Gasteiger charge is 2.56. The van der Waals surface area contributed by atoms with Gasteiger partial charge in [-0.1, -0.05) is 26.2 Å². The third-order valence-corrected chi connectivity index (χ3v) is 12.5. The number of hydrogen-bond acceptors (Lipinski definition) is 4. The van der Waals surface area contributed by atoms with Gasteiger partial charge in [0.1, 0.15) is 0 Å². The molecule has 0 aromatic rings. The molecule has 0 saturated heterocycles. The van der Waals surface area contributed by atoms with Gasteiger partial charge in [0.2, 0.25) is 0 Å². The fourth-order valence-electron chi connectivity index (χ4n) is 2.63. The Morgan fingerprint density at radius 3 is 1.50 bits per heavy atom. The molecule has 0 aliphatic rings. The van der Waals surface area contributed by atoms with Gasteiger partial charge < -0.3 is 17.7 Å². The topological polar surface area (TPSA) is 36.9 Å². The quantitative estimate of drug-likeness (QED) is 0.408. The molecule has 0 spiro atoms. The van der Waals surface area contributed by atoms with Gasteiger partial charge in [-0.2, -0.15) is 0 Å². The van der Waals surface area contributed by atoms with E-state index in [1.165, 1.54) is 6.42 Å². The van der Waals surface area contributed by atoms with E-state index in [1.807, 2.05) is 11.4 Å². The van der Waals surface area contributed by atoms with Crippen LogP contribution in [-0.4, -0.2) is 45.6 Å². The van der Waals surface area contributed by atoms with E-state index in [9.17, 15) is 0 Å². The molecule has 0 aromatic carbocycles. The summed E-state index contributed by atoms with van der Waals surface area (Å²) in [5, 5.41) is 0.0709. The molecule has 0 amide bonds. The predicted octanol–water partition coefficient (Wildman–Crippen LogP) is 3.40. The predicted molar refractivity (Wildman–Crippen MR) is 87.8 cm³/mol. The minimum Gasteiger partial charge on any atom is -0.395 e. The summed E-state index contributed by atoms with van der Waals surface area (Å²) < 4.78 is 23.1. The monoisotopic (exact) mass is 318 g/mol. The van der Waals surface area contributed by atoms with Crippen molar-refractivity contribution >= 4 is 17.1 Å². The molecular weight excluding hydrogens is 288 g/mol. The highest BCUT2D eigenvalue weighted by molar-refractivity contribution is 6.92. The Balaban J connectivity index is 5.54. The SMILES string of the molecule is C=C[Si](OC)(OC)C(CCCCC)[Si](C=C)(OC)OC. The summed E-state index contributed by atoms with van der Waals surface area (Å²) in [7, 11) is 1.53. The van der Waals surface area contributed by atoms with Crippen LogP contribution in [0.4, 0.5) is 0 Å². The van der Waals surface area contributed by atoms with Crippen molar-refractivity contribution in [2.75, 3.05) is 28.4 Å². The molecule has 0 aliphatic heterocycles. The van der Waals surface area contributed by atoms with E-state index in [0.717, 1.165) is 19.3 Å². The van der Waals surface area contributed by atoms with Crippen LogP contribution in [0.15, 0.2) is 24.6 Å². The summed E-state index contributed by atoms with van der Waals surface area (Å²) in [4.78, 5) is 0. The summed E-state index contributed by atoms with van der Waals surface area (Å²) in [5.74, 6) is 0. The molecule has 0 fully saturated rings. The third kappa shape index (κ3) is 4.13.